The normalized spacial score (nSPS) is 11.9. The lowest BCUT2D eigenvalue weighted by Gasteiger charge is -2.21. The molecule has 2 aromatic heterocycles. The van der Waals surface area contributed by atoms with Crippen molar-refractivity contribution in [3.05, 3.63) is 65.5 Å². The van der Waals surface area contributed by atoms with Crippen LogP contribution < -0.4 is 5.32 Å². The lowest BCUT2D eigenvalue weighted by molar-refractivity contribution is 0.102. The first-order valence-corrected chi connectivity index (χ1v) is 13.1. The third kappa shape index (κ3) is 5.77. The zero-order chi connectivity index (χ0) is 24.8. The quantitative estimate of drug-likeness (QED) is 0.320. The number of nitrogens with zero attached hydrogens (tertiary/aromatic N) is 2. The molecule has 0 saturated heterocycles. The lowest BCUT2D eigenvalue weighted by Crippen LogP contribution is -2.36. The van der Waals surface area contributed by atoms with Gasteiger partial charge in [0.1, 0.15) is 11.3 Å². The van der Waals surface area contributed by atoms with Crippen molar-refractivity contribution in [2.45, 2.75) is 4.90 Å². The third-order valence-corrected chi connectivity index (χ3v) is 7.92. The van der Waals surface area contributed by atoms with Crippen LogP contribution in [0.3, 0.4) is 0 Å². The summed E-state index contributed by atoms with van der Waals surface area (Å²) < 4.78 is 43.2. The first-order chi connectivity index (χ1) is 16.9. The average molecular weight is 516 g/mol. The first-order valence-electron chi connectivity index (χ1n) is 10.8. The second kappa shape index (κ2) is 11.1. The molecule has 2 heterocycles. The van der Waals surface area contributed by atoms with Gasteiger partial charge in [0.15, 0.2) is 10.9 Å². The minimum Gasteiger partial charge on any atom is -0.454 e. The molecule has 9 nitrogen and oxygen atoms in total. The number of sulfonamides is 1. The van der Waals surface area contributed by atoms with Gasteiger partial charge in [0, 0.05) is 43.6 Å². The molecular formula is C24H25N3O6S2. The molecule has 0 aliphatic carbocycles. The lowest BCUT2D eigenvalue weighted by atomic mass is 10.2. The maximum absolute atomic E-state index is 13.0. The van der Waals surface area contributed by atoms with Crippen LogP contribution in [0.1, 0.15) is 10.4 Å². The van der Waals surface area contributed by atoms with E-state index < -0.39 is 15.9 Å². The van der Waals surface area contributed by atoms with Gasteiger partial charge in [-0.25, -0.2) is 13.4 Å². The fourth-order valence-corrected chi connectivity index (χ4v) is 5.49. The Kier molecular flexibility index (Phi) is 7.93. The number of carbonyl (C=O) groups excluding carboxylic acids is 1. The molecule has 2 aromatic carbocycles. The number of nitrogens with one attached hydrogen (secondary N) is 1. The summed E-state index contributed by atoms with van der Waals surface area (Å²) in [6, 6.07) is 15.3. The summed E-state index contributed by atoms with van der Waals surface area (Å²) in [7, 11) is -0.743. The van der Waals surface area contributed by atoms with Crippen LogP contribution in [0, 0.1) is 0 Å². The van der Waals surface area contributed by atoms with Crippen molar-refractivity contribution in [1.82, 2.24) is 9.29 Å². The summed E-state index contributed by atoms with van der Waals surface area (Å²) in [6.07, 6.45) is 0. The minimum absolute atomic E-state index is 0.0858. The molecule has 4 aromatic rings. The Hall–Kier alpha value is -3.09. The van der Waals surface area contributed by atoms with E-state index in [-0.39, 0.29) is 31.2 Å². The number of amides is 1. The molecule has 0 aliphatic rings. The zero-order valence-electron chi connectivity index (χ0n) is 19.3. The SMILES string of the molecule is COCCN(CCOC)S(=O)(=O)c1ccc(C(=O)Nc2nc(-c3cc4ccccc4o3)cs2)cc1. The van der Waals surface area contributed by atoms with Crippen molar-refractivity contribution < 1.29 is 27.1 Å². The Morgan fingerprint density at radius 1 is 1.06 bits per heavy atom. The maximum Gasteiger partial charge on any atom is 0.257 e. The highest BCUT2D eigenvalue weighted by Gasteiger charge is 2.24. The van der Waals surface area contributed by atoms with Gasteiger partial charge < -0.3 is 13.9 Å². The molecule has 0 aliphatic heterocycles. The van der Waals surface area contributed by atoms with Crippen LogP contribution in [0.5, 0.6) is 0 Å². The Morgan fingerprint density at radius 3 is 2.40 bits per heavy atom. The summed E-state index contributed by atoms with van der Waals surface area (Å²) in [6.45, 7) is 0.907. The van der Waals surface area contributed by atoms with E-state index in [4.69, 9.17) is 13.9 Å². The van der Waals surface area contributed by atoms with E-state index in [9.17, 15) is 13.2 Å². The molecule has 4 rings (SSSR count). The summed E-state index contributed by atoms with van der Waals surface area (Å²) in [4.78, 5) is 17.2. The standard InChI is InChI=1S/C24H25N3O6S2/c1-31-13-11-27(12-14-32-2)35(29,30)19-9-7-17(8-10-19)23(28)26-24-25-20(16-34-24)22-15-18-5-3-4-6-21(18)33-22/h3-10,15-16H,11-14H2,1-2H3,(H,25,26,28). The molecular weight excluding hydrogens is 490 g/mol. The monoisotopic (exact) mass is 515 g/mol. The van der Waals surface area contributed by atoms with Crippen LogP contribution in [-0.2, 0) is 19.5 Å². The number of aromatic nitrogens is 1. The number of hydrogen-bond donors (Lipinski definition) is 1. The van der Waals surface area contributed by atoms with Crippen LogP contribution in [0.25, 0.3) is 22.4 Å². The van der Waals surface area contributed by atoms with E-state index in [1.165, 1.54) is 54.1 Å². The van der Waals surface area contributed by atoms with Gasteiger partial charge in [0.05, 0.1) is 18.1 Å². The Morgan fingerprint density at radius 2 is 1.74 bits per heavy atom. The Balaban J connectivity index is 1.45. The molecule has 0 bridgehead atoms. The molecule has 1 N–H and O–H groups in total. The highest BCUT2D eigenvalue weighted by atomic mass is 32.2. The second-order valence-electron chi connectivity index (χ2n) is 7.55. The van der Waals surface area contributed by atoms with E-state index in [0.717, 1.165) is 11.0 Å². The van der Waals surface area contributed by atoms with Crippen molar-refractivity contribution >= 4 is 43.4 Å². The van der Waals surface area contributed by atoms with Crippen LogP contribution in [0.15, 0.2) is 69.3 Å². The van der Waals surface area contributed by atoms with Crippen molar-refractivity contribution in [3.63, 3.8) is 0 Å². The summed E-state index contributed by atoms with van der Waals surface area (Å²) in [5.41, 5.74) is 1.69. The fraction of sp³-hybridized carbons (Fsp3) is 0.250. The number of thiazole rings is 1. The number of hydrogen-bond acceptors (Lipinski definition) is 8. The average Bonchev–Trinajstić information content (AvgIpc) is 3.51. The van der Waals surface area contributed by atoms with Crippen molar-refractivity contribution in [2.24, 2.45) is 0 Å². The van der Waals surface area contributed by atoms with Gasteiger partial charge in [0.25, 0.3) is 5.91 Å². The summed E-state index contributed by atoms with van der Waals surface area (Å²) in [5, 5.41) is 5.94. The van der Waals surface area contributed by atoms with Gasteiger partial charge in [-0.15, -0.1) is 11.3 Å². The van der Waals surface area contributed by atoms with Crippen molar-refractivity contribution in [2.75, 3.05) is 45.8 Å². The van der Waals surface area contributed by atoms with Gasteiger partial charge in [-0.1, -0.05) is 18.2 Å². The number of rotatable bonds is 11. The van der Waals surface area contributed by atoms with Gasteiger partial charge in [-0.2, -0.15) is 4.31 Å². The molecule has 1 amide bonds. The zero-order valence-corrected chi connectivity index (χ0v) is 20.9. The number of carbonyl (C=O) groups is 1. The maximum atomic E-state index is 13.0. The largest absolute Gasteiger partial charge is 0.454 e. The van der Waals surface area contributed by atoms with E-state index >= 15 is 0 Å². The van der Waals surface area contributed by atoms with Gasteiger partial charge in [0.2, 0.25) is 10.0 Å². The number of furan rings is 1. The molecule has 0 fully saturated rings. The number of anilines is 1. The molecule has 0 unspecified atom stereocenters. The Bertz CT molecular complexity index is 1360. The molecule has 0 atom stereocenters. The third-order valence-electron chi connectivity index (χ3n) is 5.25. The van der Waals surface area contributed by atoms with Gasteiger partial charge in [-0.05, 0) is 36.4 Å². The van der Waals surface area contributed by atoms with Crippen LogP contribution in [0.2, 0.25) is 0 Å². The highest BCUT2D eigenvalue weighted by molar-refractivity contribution is 7.89. The summed E-state index contributed by atoms with van der Waals surface area (Å²) >= 11 is 1.27. The number of methoxy groups -OCH3 is 2. The number of benzene rings is 2. The van der Waals surface area contributed by atoms with Gasteiger partial charge >= 0.3 is 0 Å². The molecule has 0 spiro atoms. The molecule has 35 heavy (non-hydrogen) atoms. The second-order valence-corrected chi connectivity index (χ2v) is 10.4. The molecule has 0 saturated carbocycles. The predicted molar refractivity (Wildman–Crippen MR) is 134 cm³/mol. The van der Waals surface area contributed by atoms with E-state index in [1.807, 2.05) is 30.3 Å². The smallest absolute Gasteiger partial charge is 0.257 e. The van der Waals surface area contributed by atoms with Crippen LogP contribution in [-0.4, -0.2) is 64.1 Å². The van der Waals surface area contributed by atoms with Crippen molar-refractivity contribution in [1.29, 1.82) is 0 Å². The van der Waals surface area contributed by atoms with E-state index in [0.29, 0.717) is 22.1 Å². The molecule has 11 heteroatoms. The molecule has 184 valence electrons. The first kappa shape index (κ1) is 25.0. The van der Waals surface area contributed by atoms with Crippen LogP contribution in [0.4, 0.5) is 5.13 Å². The van der Waals surface area contributed by atoms with E-state index in [1.54, 1.807) is 5.38 Å². The topological polar surface area (TPSA) is 111 Å². The van der Waals surface area contributed by atoms with Crippen LogP contribution >= 0.6 is 11.3 Å². The summed E-state index contributed by atoms with van der Waals surface area (Å²) in [5.74, 6) is 0.221. The number of ether oxygens (including phenoxy) is 2. The highest BCUT2D eigenvalue weighted by Crippen LogP contribution is 2.30. The van der Waals surface area contributed by atoms with E-state index in [2.05, 4.69) is 10.3 Å². The number of para-hydroxylation sites is 1. The molecule has 0 radical (unpaired) electrons. The predicted octanol–water partition coefficient (Wildman–Crippen LogP) is 4.09. The number of fused-ring (bicyclic) bond motifs is 1. The Labute approximate surface area is 207 Å². The fourth-order valence-electron chi connectivity index (χ4n) is 3.39. The minimum atomic E-state index is -3.76. The van der Waals surface area contributed by atoms with Gasteiger partial charge in [-0.3, -0.25) is 10.1 Å². The van der Waals surface area contributed by atoms with Crippen molar-refractivity contribution in [3.8, 4) is 11.5 Å².